The summed E-state index contributed by atoms with van der Waals surface area (Å²) in [6, 6.07) is 11.8. The van der Waals surface area contributed by atoms with Gasteiger partial charge < -0.3 is 9.84 Å². The van der Waals surface area contributed by atoms with Gasteiger partial charge in [-0.1, -0.05) is 12.1 Å². The van der Waals surface area contributed by atoms with Crippen molar-refractivity contribution in [2.45, 2.75) is 24.2 Å². The van der Waals surface area contributed by atoms with Crippen LogP contribution >= 0.6 is 11.8 Å². The second-order valence-electron chi connectivity index (χ2n) is 4.23. The van der Waals surface area contributed by atoms with E-state index in [2.05, 4.69) is 4.98 Å². The summed E-state index contributed by atoms with van der Waals surface area (Å²) < 4.78 is 5.24. The first-order valence-corrected chi connectivity index (χ1v) is 7.04. The summed E-state index contributed by atoms with van der Waals surface area (Å²) in [5.41, 5.74) is 2.90. The molecular weight excluding hydrogens is 258 g/mol. The summed E-state index contributed by atoms with van der Waals surface area (Å²) in [5.74, 6) is 1.65. The van der Waals surface area contributed by atoms with E-state index in [1.807, 2.05) is 43.3 Å². The monoisotopic (exact) mass is 275 g/mol. The van der Waals surface area contributed by atoms with Gasteiger partial charge in [0.05, 0.1) is 19.4 Å². The molecule has 1 heterocycles. The summed E-state index contributed by atoms with van der Waals surface area (Å²) >= 11 is 1.72. The molecular formula is C15H17NO2S. The highest BCUT2D eigenvalue weighted by molar-refractivity contribution is 7.98. The highest BCUT2D eigenvalue weighted by Crippen LogP contribution is 2.24. The first-order chi connectivity index (χ1) is 9.21. The lowest BCUT2D eigenvalue weighted by Crippen LogP contribution is -1.93. The molecule has 0 radical (unpaired) electrons. The molecule has 1 aromatic heterocycles. The van der Waals surface area contributed by atoms with E-state index in [9.17, 15) is 0 Å². The van der Waals surface area contributed by atoms with Crippen LogP contribution in [0.2, 0.25) is 0 Å². The molecule has 0 aliphatic heterocycles. The summed E-state index contributed by atoms with van der Waals surface area (Å²) in [6.07, 6.45) is 0. The molecule has 0 aliphatic carbocycles. The minimum absolute atomic E-state index is 0.0849. The van der Waals surface area contributed by atoms with Gasteiger partial charge in [-0.15, -0.1) is 11.8 Å². The number of hydrogen-bond donors (Lipinski definition) is 1. The van der Waals surface area contributed by atoms with Gasteiger partial charge in [0.2, 0.25) is 0 Å². The first kappa shape index (κ1) is 13.9. The molecule has 2 aromatic rings. The number of aryl methyl sites for hydroxylation is 1. The minimum Gasteiger partial charge on any atom is -0.497 e. The zero-order chi connectivity index (χ0) is 13.7. The van der Waals surface area contributed by atoms with Gasteiger partial charge in [-0.3, -0.25) is 4.98 Å². The molecule has 0 fully saturated rings. The summed E-state index contributed by atoms with van der Waals surface area (Å²) in [5, 5.41) is 8.99. The van der Waals surface area contributed by atoms with Crippen LogP contribution in [0.5, 0.6) is 5.75 Å². The van der Waals surface area contributed by atoms with Crippen molar-refractivity contribution >= 4 is 11.8 Å². The molecule has 0 unspecified atom stereocenters. The van der Waals surface area contributed by atoms with Crippen molar-refractivity contribution in [3.8, 4) is 5.75 Å². The Balaban J connectivity index is 2.03. The Bertz CT molecular complexity index is 540. The Morgan fingerprint density at radius 1 is 1.21 bits per heavy atom. The van der Waals surface area contributed by atoms with Gasteiger partial charge in [0.25, 0.3) is 0 Å². The molecule has 0 atom stereocenters. The predicted octanol–water partition coefficient (Wildman–Crippen LogP) is 3.18. The van der Waals surface area contributed by atoms with Crippen LogP contribution in [-0.4, -0.2) is 17.2 Å². The quantitative estimate of drug-likeness (QED) is 0.851. The van der Waals surface area contributed by atoms with Crippen LogP contribution in [0.4, 0.5) is 0 Å². The number of rotatable bonds is 5. The van der Waals surface area contributed by atoms with E-state index in [0.29, 0.717) is 0 Å². The van der Waals surface area contributed by atoms with Crippen molar-refractivity contribution in [1.29, 1.82) is 0 Å². The largest absolute Gasteiger partial charge is 0.497 e. The third-order valence-electron chi connectivity index (χ3n) is 2.71. The maximum Gasteiger partial charge on any atom is 0.122 e. The second kappa shape index (κ2) is 6.59. The van der Waals surface area contributed by atoms with Gasteiger partial charge >= 0.3 is 0 Å². The Labute approximate surface area is 117 Å². The van der Waals surface area contributed by atoms with E-state index < -0.39 is 0 Å². The molecule has 0 amide bonds. The molecule has 2 rings (SSSR count). The van der Waals surface area contributed by atoms with Crippen LogP contribution in [0, 0.1) is 6.92 Å². The molecule has 0 bridgehead atoms. The Kier molecular flexibility index (Phi) is 4.82. The number of nitrogens with zero attached hydrogens (tertiary/aromatic N) is 1. The fourth-order valence-electron chi connectivity index (χ4n) is 1.74. The van der Waals surface area contributed by atoms with Crippen LogP contribution in [0.25, 0.3) is 0 Å². The van der Waals surface area contributed by atoms with Crippen LogP contribution in [0.1, 0.15) is 17.0 Å². The maximum atomic E-state index is 8.99. The van der Waals surface area contributed by atoms with Gasteiger partial charge in [0.15, 0.2) is 0 Å². The lowest BCUT2D eigenvalue weighted by atomic mass is 10.2. The number of aromatic nitrogens is 1. The van der Waals surface area contributed by atoms with E-state index >= 15 is 0 Å². The highest BCUT2D eigenvalue weighted by atomic mass is 32.2. The van der Waals surface area contributed by atoms with Crippen LogP contribution in [-0.2, 0) is 12.4 Å². The molecule has 3 nitrogen and oxygen atoms in total. The molecule has 19 heavy (non-hydrogen) atoms. The summed E-state index contributed by atoms with van der Waals surface area (Å²) in [7, 11) is 1.67. The first-order valence-electron chi connectivity index (χ1n) is 6.05. The zero-order valence-corrected chi connectivity index (χ0v) is 11.9. The van der Waals surface area contributed by atoms with Crippen molar-refractivity contribution in [2.24, 2.45) is 0 Å². The van der Waals surface area contributed by atoms with Crippen molar-refractivity contribution in [1.82, 2.24) is 4.98 Å². The average Bonchev–Trinajstić information content (AvgIpc) is 2.45. The molecule has 0 saturated carbocycles. The number of methoxy groups -OCH3 is 1. The number of pyridine rings is 1. The fraction of sp³-hybridized carbons (Fsp3) is 0.267. The third-order valence-corrected chi connectivity index (χ3v) is 3.75. The number of aliphatic hydroxyl groups excluding tert-OH is 1. The van der Waals surface area contributed by atoms with Gasteiger partial charge in [-0.2, -0.15) is 0 Å². The summed E-state index contributed by atoms with van der Waals surface area (Å²) in [4.78, 5) is 5.66. The SMILES string of the molecule is COc1cc(C)nc(CSc2ccc(CO)cc2)c1. The van der Waals surface area contributed by atoms with Gasteiger partial charge in [0.1, 0.15) is 5.75 Å². The van der Waals surface area contributed by atoms with Crippen molar-refractivity contribution < 1.29 is 9.84 Å². The number of aliphatic hydroxyl groups is 1. The molecule has 1 N–H and O–H groups in total. The number of benzene rings is 1. The normalized spacial score (nSPS) is 10.5. The van der Waals surface area contributed by atoms with Crippen LogP contribution < -0.4 is 4.74 Å². The van der Waals surface area contributed by atoms with Gasteiger partial charge in [0, 0.05) is 28.5 Å². The standard InChI is InChI=1S/C15H17NO2S/c1-11-7-14(18-2)8-13(16-11)10-19-15-5-3-12(9-17)4-6-15/h3-8,17H,9-10H2,1-2H3. The molecule has 0 saturated heterocycles. The predicted molar refractivity (Wildman–Crippen MR) is 77.5 cm³/mol. The van der Waals surface area contributed by atoms with E-state index in [1.165, 1.54) is 4.90 Å². The zero-order valence-electron chi connectivity index (χ0n) is 11.1. The fourth-order valence-corrected chi connectivity index (χ4v) is 2.53. The average molecular weight is 275 g/mol. The lowest BCUT2D eigenvalue weighted by Gasteiger charge is -2.06. The highest BCUT2D eigenvalue weighted by Gasteiger charge is 2.02. The number of thioether (sulfide) groups is 1. The molecule has 0 aliphatic rings. The summed E-state index contributed by atoms with van der Waals surface area (Å²) in [6.45, 7) is 2.05. The van der Waals surface area contributed by atoms with Crippen LogP contribution in [0.3, 0.4) is 0 Å². The topological polar surface area (TPSA) is 42.4 Å². The number of hydrogen-bond acceptors (Lipinski definition) is 4. The van der Waals surface area contributed by atoms with Gasteiger partial charge in [-0.25, -0.2) is 0 Å². The number of ether oxygens (including phenoxy) is 1. The Hall–Kier alpha value is -1.52. The smallest absolute Gasteiger partial charge is 0.122 e. The van der Waals surface area contributed by atoms with Crippen molar-refractivity contribution in [3.63, 3.8) is 0 Å². The van der Waals surface area contributed by atoms with Crippen molar-refractivity contribution in [3.05, 3.63) is 53.3 Å². The second-order valence-corrected chi connectivity index (χ2v) is 5.28. The lowest BCUT2D eigenvalue weighted by molar-refractivity contribution is 0.282. The van der Waals surface area contributed by atoms with Crippen molar-refractivity contribution in [2.75, 3.05) is 7.11 Å². The maximum absolute atomic E-state index is 8.99. The van der Waals surface area contributed by atoms with E-state index in [0.717, 1.165) is 28.5 Å². The Morgan fingerprint density at radius 3 is 2.58 bits per heavy atom. The van der Waals surface area contributed by atoms with E-state index in [-0.39, 0.29) is 6.61 Å². The van der Waals surface area contributed by atoms with Gasteiger partial charge in [-0.05, 0) is 24.6 Å². The molecule has 4 heteroatoms. The molecule has 0 spiro atoms. The molecule has 100 valence electrons. The van der Waals surface area contributed by atoms with E-state index in [1.54, 1.807) is 18.9 Å². The van der Waals surface area contributed by atoms with Crippen LogP contribution in [0.15, 0.2) is 41.3 Å². The Morgan fingerprint density at radius 2 is 1.95 bits per heavy atom. The van der Waals surface area contributed by atoms with E-state index in [4.69, 9.17) is 9.84 Å². The molecule has 1 aromatic carbocycles. The third kappa shape index (κ3) is 3.98. The minimum atomic E-state index is 0.0849.